The number of hydrogen-bond acceptors (Lipinski definition) is 4. The number of halogens is 2. The number of rotatable bonds is 4. The van der Waals surface area contributed by atoms with Crippen molar-refractivity contribution in [3.63, 3.8) is 0 Å². The maximum Gasteiger partial charge on any atom is 0.338 e. The molecule has 33 heavy (non-hydrogen) atoms. The van der Waals surface area contributed by atoms with Gasteiger partial charge in [0.1, 0.15) is 11.6 Å². The molecule has 3 aromatic heterocycles. The van der Waals surface area contributed by atoms with Crippen LogP contribution in [0.25, 0.3) is 27.8 Å². The fourth-order valence-electron chi connectivity index (χ4n) is 4.49. The van der Waals surface area contributed by atoms with E-state index in [1.54, 1.807) is 23.0 Å². The third-order valence-corrected chi connectivity index (χ3v) is 6.36. The van der Waals surface area contributed by atoms with Crippen LogP contribution in [0.1, 0.15) is 34.5 Å². The van der Waals surface area contributed by atoms with E-state index in [-0.39, 0.29) is 11.0 Å². The summed E-state index contributed by atoms with van der Waals surface area (Å²) in [6, 6.07) is 11.7. The first kappa shape index (κ1) is 19.5. The minimum Gasteiger partial charge on any atom is -0.478 e. The number of carbonyl (C=O) groups is 1. The van der Waals surface area contributed by atoms with E-state index in [0.29, 0.717) is 17.4 Å². The molecule has 0 spiro atoms. The molecule has 5 aromatic rings. The number of nitrogens with zero attached hydrogens (tertiary/aromatic N) is 4. The lowest BCUT2D eigenvalue weighted by Gasteiger charge is -2.17. The van der Waals surface area contributed by atoms with Gasteiger partial charge in [0, 0.05) is 40.5 Å². The summed E-state index contributed by atoms with van der Waals surface area (Å²) in [5.74, 6) is -2.91. The first-order valence-corrected chi connectivity index (χ1v) is 10.4. The molecule has 1 aliphatic carbocycles. The number of benzene rings is 2. The second kappa shape index (κ2) is 6.90. The van der Waals surface area contributed by atoms with Crippen LogP contribution in [-0.2, 0) is 5.41 Å². The molecule has 1 aliphatic rings. The van der Waals surface area contributed by atoms with Crippen LogP contribution in [0.5, 0.6) is 0 Å². The number of hydrogen-bond donors (Lipinski definition) is 1. The second-order valence-corrected chi connectivity index (χ2v) is 8.27. The Morgan fingerprint density at radius 2 is 1.82 bits per heavy atom. The SMILES string of the molecule is O=C(O)c1cc(F)c(-c2cnc3ncc(C4(c5ccc6ncccc6c5)CC4)n3c2)cc1F. The van der Waals surface area contributed by atoms with Crippen molar-refractivity contribution in [2.24, 2.45) is 0 Å². The third kappa shape index (κ3) is 2.98. The van der Waals surface area contributed by atoms with Gasteiger partial charge in [0.2, 0.25) is 5.78 Å². The van der Waals surface area contributed by atoms with E-state index in [1.165, 1.54) is 6.20 Å². The molecule has 0 bridgehead atoms. The zero-order chi connectivity index (χ0) is 22.7. The van der Waals surface area contributed by atoms with Crippen molar-refractivity contribution in [3.05, 3.63) is 95.7 Å². The van der Waals surface area contributed by atoms with Gasteiger partial charge in [-0.2, -0.15) is 0 Å². The van der Waals surface area contributed by atoms with Gasteiger partial charge < -0.3 is 5.11 Å². The highest BCUT2D eigenvalue weighted by atomic mass is 19.1. The summed E-state index contributed by atoms with van der Waals surface area (Å²) in [5.41, 5.74) is 2.27. The Morgan fingerprint density at radius 1 is 1.00 bits per heavy atom. The molecule has 1 fully saturated rings. The van der Waals surface area contributed by atoms with Crippen molar-refractivity contribution in [2.75, 3.05) is 0 Å². The summed E-state index contributed by atoms with van der Waals surface area (Å²) >= 11 is 0. The zero-order valence-corrected chi connectivity index (χ0v) is 17.2. The molecule has 162 valence electrons. The van der Waals surface area contributed by atoms with Crippen molar-refractivity contribution in [1.82, 2.24) is 19.4 Å². The van der Waals surface area contributed by atoms with Crippen LogP contribution in [0.2, 0.25) is 0 Å². The van der Waals surface area contributed by atoms with Crippen LogP contribution < -0.4 is 0 Å². The van der Waals surface area contributed by atoms with Gasteiger partial charge in [-0.25, -0.2) is 23.5 Å². The number of aromatic nitrogens is 4. The average molecular weight is 442 g/mol. The molecule has 0 unspecified atom stereocenters. The van der Waals surface area contributed by atoms with Crippen molar-refractivity contribution in [3.8, 4) is 11.1 Å². The normalized spacial score (nSPS) is 14.6. The predicted octanol–water partition coefficient (Wildman–Crippen LogP) is 5.00. The summed E-state index contributed by atoms with van der Waals surface area (Å²) < 4.78 is 30.7. The van der Waals surface area contributed by atoms with Crippen molar-refractivity contribution < 1.29 is 18.7 Å². The highest BCUT2D eigenvalue weighted by molar-refractivity contribution is 5.88. The van der Waals surface area contributed by atoms with Gasteiger partial charge in [-0.05, 0) is 48.7 Å². The first-order valence-electron chi connectivity index (χ1n) is 10.4. The highest BCUT2D eigenvalue weighted by Gasteiger charge is 2.48. The van der Waals surface area contributed by atoms with E-state index in [4.69, 9.17) is 5.11 Å². The maximum absolute atomic E-state index is 14.7. The number of fused-ring (bicyclic) bond motifs is 2. The second-order valence-electron chi connectivity index (χ2n) is 8.27. The van der Waals surface area contributed by atoms with Gasteiger partial charge in [-0.1, -0.05) is 12.1 Å². The van der Waals surface area contributed by atoms with Crippen LogP contribution >= 0.6 is 0 Å². The minimum atomic E-state index is -1.52. The van der Waals surface area contributed by atoms with E-state index in [9.17, 15) is 13.6 Å². The monoisotopic (exact) mass is 442 g/mol. The van der Waals surface area contributed by atoms with E-state index >= 15 is 0 Å². The summed E-state index contributed by atoms with van der Waals surface area (Å²) in [7, 11) is 0. The van der Waals surface area contributed by atoms with Crippen LogP contribution in [0.4, 0.5) is 8.78 Å². The van der Waals surface area contributed by atoms with E-state index in [0.717, 1.165) is 41.1 Å². The molecule has 2 aromatic carbocycles. The molecule has 0 saturated heterocycles. The van der Waals surface area contributed by atoms with Gasteiger partial charge in [-0.3, -0.25) is 9.38 Å². The summed E-state index contributed by atoms with van der Waals surface area (Å²) in [5, 5.41) is 10.1. The Labute approximate surface area is 186 Å². The van der Waals surface area contributed by atoms with Gasteiger partial charge in [0.25, 0.3) is 0 Å². The Kier molecular flexibility index (Phi) is 4.07. The third-order valence-electron chi connectivity index (χ3n) is 6.36. The van der Waals surface area contributed by atoms with E-state index in [1.807, 2.05) is 18.2 Å². The molecule has 6 rings (SSSR count). The van der Waals surface area contributed by atoms with E-state index in [2.05, 4.69) is 27.1 Å². The lowest BCUT2D eigenvalue weighted by atomic mass is 9.91. The Morgan fingerprint density at radius 3 is 2.61 bits per heavy atom. The lowest BCUT2D eigenvalue weighted by molar-refractivity contribution is 0.0691. The molecule has 0 atom stereocenters. The molecule has 1 saturated carbocycles. The highest BCUT2D eigenvalue weighted by Crippen LogP contribution is 2.53. The fourth-order valence-corrected chi connectivity index (χ4v) is 4.49. The molecule has 8 heteroatoms. The van der Waals surface area contributed by atoms with Crippen LogP contribution in [0, 0.1) is 11.6 Å². The van der Waals surface area contributed by atoms with Crippen LogP contribution in [0.3, 0.4) is 0 Å². The van der Waals surface area contributed by atoms with Gasteiger partial charge in [0.15, 0.2) is 0 Å². The zero-order valence-electron chi connectivity index (χ0n) is 17.2. The quantitative estimate of drug-likeness (QED) is 0.424. The summed E-state index contributed by atoms with van der Waals surface area (Å²) in [4.78, 5) is 24.2. The largest absolute Gasteiger partial charge is 0.478 e. The van der Waals surface area contributed by atoms with Gasteiger partial charge in [0.05, 0.1) is 23.0 Å². The molecule has 3 heterocycles. The van der Waals surface area contributed by atoms with Crippen LogP contribution in [0.15, 0.2) is 67.3 Å². The lowest BCUT2D eigenvalue weighted by Crippen LogP contribution is -2.12. The van der Waals surface area contributed by atoms with Gasteiger partial charge in [-0.15, -0.1) is 0 Å². The van der Waals surface area contributed by atoms with Crippen molar-refractivity contribution in [2.45, 2.75) is 18.3 Å². The minimum absolute atomic E-state index is 0.0619. The van der Waals surface area contributed by atoms with Crippen molar-refractivity contribution in [1.29, 1.82) is 0 Å². The molecule has 0 aliphatic heterocycles. The topological polar surface area (TPSA) is 80.4 Å². The number of aromatic carboxylic acids is 1. The van der Waals surface area contributed by atoms with Gasteiger partial charge >= 0.3 is 5.97 Å². The Balaban J connectivity index is 1.48. The molecular weight excluding hydrogens is 426 g/mol. The molecular formula is C25H16F2N4O2. The van der Waals surface area contributed by atoms with E-state index < -0.39 is 23.2 Å². The molecule has 1 N–H and O–H groups in total. The first-order chi connectivity index (χ1) is 16.0. The summed E-state index contributed by atoms with van der Waals surface area (Å²) in [6.45, 7) is 0. The van der Waals surface area contributed by atoms with Crippen LogP contribution in [-0.4, -0.2) is 30.4 Å². The van der Waals surface area contributed by atoms with Crippen molar-refractivity contribution >= 4 is 22.6 Å². The molecule has 0 radical (unpaired) electrons. The number of pyridine rings is 1. The summed E-state index contributed by atoms with van der Waals surface area (Å²) in [6.07, 6.45) is 8.46. The number of carboxylic acid groups (broad SMARTS) is 1. The number of imidazole rings is 1. The average Bonchev–Trinajstić information content (AvgIpc) is 3.52. The predicted molar refractivity (Wildman–Crippen MR) is 117 cm³/mol. The Hall–Kier alpha value is -4.20. The standard InChI is InChI=1S/C25H16F2N4O2/c26-19-10-18(23(32)33)20(27)9-17(19)15-11-29-24-30-12-22(31(24)13-15)25(5-6-25)16-3-4-21-14(8-16)2-1-7-28-21/h1-4,7-13H,5-6H2,(H,32,33). The maximum atomic E-state index is 14.7. The molecule has 0 amide bonds. The fraction of sp³-hybridized carbons (Fsp3) is 0.120. The Bertz CT molecular complexity index is 1590. The number of carboxylic acids is 1. The smallest absolute Gasteiger partial charge is 0.338 e. The molecule has 6 nitrogen and oxygen atoms in total.